The van der Waals surface area contributed by atoms with E-state index in [4.69, 9.17) is 9.47 Å². The van der Waals surface area contributed by atoms with Gasteiger partial charge in [-0.15, -0.1) is 0 Å². The number of hydrogen-bond acceptors (Lipinski definition) is 4. The van der Waals surface area contributed by atoms with Gasteiger partial charge in [-0.3, -0.25) is 4.90 Å². The van der Waals surface area contributed by atoms with Gasteiger partial charge in [-0.05, 0) is 19.4 Å². The Hall–Kier alpha value is -1.63. The second-order valence-corrected chi connectivity index (χ2v) is 5.51. The Labute approximate surface area is 123 Å². The maximum atomic E-state index is 11.5. The molecule has 0 aliphatic carbocycles. The largest absolute Gasteiger partial charge is 0.465 e. The van der Waals surface area contributed by atoms with Gasteiger partial charge in [-0.2, -0.15) is 0 Å². The molecule has 0 radical (unpaired) electrons. The Morgan fingerprint density at radius 3 is 2.57 bits per heavy atom. The quantitative estimate of drug-likeness (QED) is 0.864. The summed E-state index contributed by atoms with van der Waals surface area (Å²) in [5.74, 6) is -0.755. The van der Waals surface area contributed by atoms with E-state index in [2.05, 4.69) is 0 Å². The number of aliphatic hydroxyl groups is 1. The van der Waals surface area contributed by atoms with Crippen LogP contribution in [-0.2, 0) is 16.0 Å². The number of aliphatic hydroxyl groups excluding tert-OH is 1. The topological polar surface area (TPSA) is 79.2 Å². The lowest BCUT2D eigenvalue weighted by Gasteiger charge is -2.32. The molecule has 2 N–H and O–H groups in total. The van der Waals surface area contributed by atoms with E-state index in [1.165, 1.54) is 4.90 Å². The van der Waals surface area contributed by atoms with Crippen molar-refractivity contribution in [1.29, 1.82) is 0 Å². The molecule has 2 atom stereocenters. The third-order valence-electron chi connectivity index (χ3n) is 3.49. The zero-order chi connectivity index (χ0) is 15.5. The molecule has 6 nitrogen and oxygen atoms in total. The first-order chi connectivity index (χ1) is 9.93. The molecule has 1 aromatic carbocycles. The summed E-state index contributed by atoms with van der Waals surface area (Å²) in [7, 11) is 0. The Kier molecular flexibility index (Phi) is 4.82. The molecular formula is C15H21NO5. The third-order valence-corrected chi connectivity index (χ3v) is 3.49. The van der Waals surface area contributed by atoms with Gasteiger partial charge in [0.15, 0.2) is 5.79 Å². The fourth-order valence-electron chi connectivity index (χ4n) is 2.43. The van der Waals surface area contributed by atoms with E-state index in [0.29, 0.717) is 0 Å². The molecule has 0 bridgehead atoms. The van der Waals surface area contributed by atoms with Crippen molar-refractivity contribution in [3.63, 3.8) is 0 Å². The Morgan fingerprint density at radius 1 is 1.43 bits per heavy atom. The number of nitrogens with zero attached hydrogens (tertiary/aromatic N) is 1. The van der Waals surface area contributed by atoms with Crippen LogP contribution in [0.1, 0.15) is 19.4 Å². The lowest BCUT2D eigenvalue weighted by atomic mass is 10.1. The van der Waals surface area contributed by atoms with Crippen LogP contribution in [0.2, 0.25) is 0 Å². The summed E-state index contributed by atoms with van der Waals surface area (Å²) in [6.07, 6.45) is -1.57. The molecule has 21 heavy (non-hydrogen) atoms. The van der Waals surface area contributed by atoms with E-state index < -0.39 is 24.0 Å². The normalized spacial score (nSPS) is 22.0. The number of rotatable bonds is 5. The van der Waals surface area contributed by atoms with Crippen molar-refractivity contribution in [2.75, 3.05) is 13.2 Å². The molecule has 2 rings (SSSR count). The molecule has 1 heterocycles. The highest BCUT2D eigenvalue weighted by Crippen LogP contribution is 2.26. The van der Waals surface area contributed by atoms with Gasteiger partial charge in [-0.25, -0.2) is 4.79 Å². The smallest absolute Gasteiger partial charge is 0.408 e. The van der Waals surface area contributed by atoms with E-state index in [-0.39, 0.29) is 19.8 Å². The molecule has 6 heteroatoms. The number of carboxylic acid groups (broad SMARTS) is 1. The van der Waals surface area contributed by atoms with Gasteiger partial charge in [0.1, 0.15) is 6.10 Å². The minimum Gasteiger partial charge on any atom is -0.465 e. The van der Waals surface area contributed by atoms with Crippen molar-refractivity contribution in [3.05, 3.63) is 35.9 Å². The summed E-state index contributed by atoms with van der Waals surface area (Å²) in [5, 5.41) is 19.1. The second-order valence-electron chi connectivity index (χ2n) is 5.51. The highest BCUT2D eigenvalue weighted by atomic mass is 16.7. The summed E-state index contributed by atoms with van der Waals surface area (Å²) < 4.78 is 11.1. The number of hydrogen-bond donors (Lipinski definition) is 2. The summed E-state index contributed by atoms with van der Waals surface area (Å²) >= 11 is 0. The Bertz CT molecular complexity index is 476. The number of amides is 1. The third kappa shape index (κ3) is 3.93. The second kappa shape index (κ2) is 6.43. The fraction of sp³-hybridized carbons (Fsp3) is 0.533. The van der Waals surface area contributed by atoms with Crippen LogP contribution in [0.5, 0.6) is 0 Å². The van der Waals surface area contributed by atoms with Gasteiger partial charge in [0.2, 0.25) is 0 Å². The van der Waals surface area contributed by atoms with Crippen molar-refractivity contribution < 1.29 is 24.5 Å². The first-order valence-corrected chi connectivity index (χ1v) is 6.89. The molecule has 0 aromatic heterocycles. The van der Waals surface area contributed by atoms with Gasteiger partial charge in [0, 0.05) is 6.54 Å². The van der Waals surface area contributed by atoms with Crippen LogP contribution in [0.4, 0.5) is 4.79 Å². The van der Waals surface area contributed by atoms with Crippen LogP contribution in [-0.4, -0.2) is 52.4 Å². The highest BCUT2D eigenvalue weighted by molar-refractivity contribution is 5.65. The molecule has 0 spiro atoms. The van der Waals surface area contributed by atoms with E-state index >= 15 is 0 Å². The van der Waals surface area contributed by atoms with Gasteiger partial charge in [0.05, 0.1) is 19.3 Å². The lowest BCUT2D eigenvalue weighted by molar-refractivity contribution is -0.147. The Balaban J connectivity index is 2.14. The molecule has 1 amide bonds. The molecule has 1 fully saturated rings. The molecular weight excluding hydrogens is 274 g/mol. The first kappa shape index (κ1) is 15.8. The maximum absolute atomic E-state index is 11.5. The molecule has 116 valence electrons. The summed E-state index contributed by atoms with van der Waals surface area (Å²) in [4.78, 5) is 12.7. The van der Waals surface area contributed by atoms with Crippen molar-refractivity contribution >= 4 is 6.09 Å². The van der Waals surface area contributed by atoms with E-state index in [0.717, 1.165) is 5.56 Å². The van der Waals surface area contributed by atoms with E-state index in [1.54, 1.807) is 13.8 Å². The van der Waals surface area contributed by atoms with E-state index in [9.17, 15) is 15.0 Å². The van der Waals surface area contributed by atoms with Gasteiger partial charge in [-0.1, -0.05) is 30.3 Å². The number of carbonyl (C=O) groups is 1. The molecule has 0 saturated carbocycles. The van der Waals surface area contributed by atoms with E-state index in [1.807, 2.05) is 30.3 Å². The van der Waals surface area contributed by atoms with Crippen molar-refractivity contribution in [2.24, 2.45) is 0 Å². The predicted octanol–water partition coefficient (Wildman–Crippen LogP) is 1.68. The molecule has 1 aliphatic rings. The number of ether oxygens (including phenoxy) is 2. The summed E-state index contributed by atoms with van der Waals surface area (Å²) in [5.41, 5.74) is 0.858. The van der Waals surface area contributed by atoms with Crippen LogP contribution < -0.4 is 0 Å². The Morgan fingerprint density at radius 2 is 2.10 bits per heavy atom. The fourth-order valence-corrected chi connectivity index (χ4v) is 2.43. The van der Waals surface area contributed by atoms with Crippen LogP contribution in [0.25, 0.3) is 0 Å². The van der Waals surface area contributed by atoms with Crippen molar-refractivity contribution in [3.8, 4) is 0 Å². The zero-order valence-corrected chi connectivity index (χ0v) is 12.2. The monoisotopic (exact) mass is 295 g/mol. The predicted molar refractivity (Wildman–Crippen MR) is 75.8 cm³/mol. The van der Waals surface area contributed by atoms with Gasteiger partial charge >= 0.3 is 6.09 Å². The zero-order valence-electron chi connectivity index (χ0n) is 12.2. The molecule has 1 aliphatic heterocycles. The number of benzene rings is 1. The average molecular weight is 295 g/mol. The van der Waals surface area contributed by atoms with Crippen LogP contribution in [0, 0.1) is 0 Å². The minimum absolute atomic E-state index is 0.196. The highest BCUT2D eigenvalue weighted by Gasteiger charge is 2.40. The standard InChI is InChI=1S/C15H21NO5/c1-15(2)20-10-13(21-15)12(9-17)16(14(18)19)8-11-6-4-3-5-7-11/h3-7,12-13,17H,8-10H2,1-2H3,(H,18,19)/t12-,13-/m0/s1. The van der Waals surface area contributed by atoms with Crippen LogP contribution >= 0.6 is 0 Å². The molecule has 0 unspecified atom stereocenters. The van der Waals surface area contributed by atoms with Crippen molar-refractivity contribution in [2.45, 2.75) is 38.3 Å². The summed E-state index contributed by atoms with van der Waals surface area (Å²) in [6.45, 7) is 3.68. The van der Waals surface area contributed by atoms with Gasteiger partial charge in [0.25, 0.3) is 0 Å². The van der Waals surface area contributed by atoms with Gasteiger partial charge < -0.3 is 19.7 Å². The van der Waals surface area contributed by atoms with Crippen LogP contribution in [0.3, 0.4) is 0 Å². The first-order valence-electron chi connectivity index (χ1n) is 6.89. The summed E-state index contributed by atoms with van der Waals surface area (Å²) in [6, 6.07) is 8.60. The minimum atomic E-state index is -1.09. The SMILES string of the molecule is CC1(C)OC[C@@H]([C@H](CO)N(Cc2ccccc2)C(=O)O)O1. The molecule has 1 saturated heterocycles. The maximum Gasteiger partial charge on any atom is 0.408 e. The molecule has 1 aromatic rings. The average Bonchev–Trinajstić information content (AvgIpc) is 2.79. The van der Waals surface area contributed by atoms with Crippen LogP contribution in [0.15, 0.2) is 30.3 Å². The lowest BCUT2D eigenvalue weighted by Crippen LogP contribution is -2.49. The van der Waals surface area contributed by atoms with Crippen molar-refractivity contribution in [1.82, 2.24) is 4.90 Å².